The molecule has 0 aromatic carbocycles. The largest absolute Gasteiger partial charge is 0.289 e. The molecule has 2 aliphatic rings. The standard InChI is InChI=1S/C7H9Cl4OP/c8-7(9)4-2-1-3-5(6(4)7)13(10,11)12/h4-6H,1-3H2. The van der Waals surface area contributed by atoms with Crippen molar-refractivity contribution in [2.45, 2.75) is 29.3 Å². The average molecular weight is 282 g/mol. The van der Waals surface area contributed by atoms with Crippen LogP contribution in [0.2, 0.25) is 0 Å². The van der Waals surface area contributed by atoms with E-state index in [2.05, 4.69) is 0 Å². The Morgan fingerprint density at radius 3 is 2.31 bits per heavy atom. The van der Waals surface area contributed by atoms with Crippen molar-refractivity contribution < 1.29 is 4.57 Å². The maximum Gasteiger partial charge on any atom is 0.256 e. The number of rotatable bonds is 1. The Kier molecular flexibility index (Phi) is 2.67. The lowest BCUT2D eigenvalue weighted by molar-refractivity contribution is 0.473. The van der Waals surface area contributed by atoms with E-state index < -0.39 is 10.2 Å². The summed E-state index contributed by atoms with van der Waals surface area (Å²) in [6.07, 6.45) is 2.75. The van der Waals surface area contributed by atoms with E-state index in [-0.39, 0.29) is 17.5 Å². The minimum Gasteiger partial charge on any atom is -0.289 e. The van der Waals surface area contributed by atoms with Crippen molar-refractivity contribution in [3.8, 4) is 0 Å². The van der Waals surface area contributed by atoms with Crippen LogP contribution >= 0.6 is 51.5 Å². The zero-order valence-corrected chi connectivity index (χ0v) is 10.6. The molecule has 2 aliphatic carbocycles. The summed E-state index contributed by atoms with van der Waals surface area (Å²) < 4.78 is 10.8. The van der Waals surface area contributed by atoms with Crippen molar-refractivity contribution in [1.82, 2.24) is 0 Å². The molecule has 0 saturated heterocycles. The summed E-state index contributed by atoms with van der Waals surface area (Å²) in [5, 5.41) is 0. The van der Waals surface area contributed by atoms with Gasteiger partial charge in [0, 0.05) is 11.6 Å². The SMILES string of the molecule is O=P(Cl)(Cl)C1CCCC2C1C2(Cl)Cl. The predicted molar refractivity (Wildman–Crippen MR) is 58.4 cm³/mol. The summed E-state index contributed by atoms with van der Waals surface area (Å²) in [6.45, 7) is 0. The van der Waals surface area contributed by atoms with Crippen molar-refractivity contribution in [1.29, 1.82) is 0 Å². The third-order valence-electron chi connectivity index (χ3n) is 3.08. The van der Waals surface area contributed by atoms with Gasteiger partial charge in [0.25, 0.3) is 5.85 Å². The number of hydrogen-bond acceptors (Lipinski definition) is 1. The van der Waals surface area contributed by atoms with Gasteiger partial charge in [-0.1, -0.05) is 6.42 Å². The van der Waals surface area contributed by atoms with Gasteiger partial charge in [-0.25, -0.2) is 0 Å². The summed E-state index contributed by atoms with van der Waals surface area (Å²) >= 11 is 23.4. The van der Waals surface area contributed by atoms with Crippen LogP contribution in [0.15, 0.2) is 0 Å². The quantitative estimate of drug-likeness (QED) is 0.506. The summed E-state index contributed by atoms with van der Waals surface area (Å²) in [6, 6.07) is 0. The average Bonchev–Trinajstić information content (AvgIpc) is 2.54. The monoisotopic (exact) mass is 280 g/mol. The van der Waals surface area contributed by atoms with Gasteiger partial charge in [0.2, 0.25) is 0 Å². The molecule has 3 unspecified atom stereocenters. The summed E-state index contributed by atoms with van der Waals surface area (Å²) in [4.78, 5) is 0. The minimum absolute atomic E-state index is 0.0467. The molecule has 3 atom stereocenters. The maximum absolute atomic E-state index is 11.5. The smallest absolute Gasteiger partial charge is 0.256 e. The highest BCUT2D eigenvalue weighted by Crippen LogP contribution is 2.76. The molecular formula is C7H9Cl4OP. The third-order valence-corrected chi connectivity index (χ3v) is 7.00. The van der Waals surface area contributed by atoms with Crippen LogP contribution in [0.4, 0.5) is 0 Å². The molecule has 0 aromatic rings. The molecule has 2 fully saturated rings. The van der Waals surface area contributed by atoms with E-state index in [9.17, 15) is 4.57 Å². The van der Waals surface area contributed by atoms with Gasteiger partial charge in [0.05, 0.1) is 0 Å². The fraction of sp³-hybridized carbons (Fsp3) is 1.00. The van der Waals surface area contributed by atoms with E-state index in [0.717, 1.165) is 19.3 Å². The van der Waals surface area contributed by atoms with Crippen molar-refractivity contribution in [2.75, 3.05) is 0 Å². The second-order valence-corrected chi connectivity index (χ2v) is 10.5. The van der Waals surface area contributed by atoms with Crippen LogP contribution in [0.5, 0.6) is 0 Å². The van der Waals surface area contributed by atoms with Crippen LogP contribution in [-0.2, 0) is 4.57 Å². The van der Waals surface area contributed by atoms with E-state index in [1.807, 2.05) is 0 Å². The van der Waals surface area contributed by atoms with Crippen LogP contribution < -0.4 is 0 Å². The Morgan fingerprint density at radius 2 is 1.85 bits per heavy atom. The molecule has 0 N–H and O–H groups in total. The molecule has 2 rings (SSSR count). The van der Waals surface area contributed by atoms with Crippen LogP contribution in [0.3, 0.4) is 0 Å². The van der Waals surface area contributed by atoms with Crippen LogP contribution in [0.1, 0.15) is 19.3 Å². The van der Waals surface area contributed by atoms with Crippen LogP contribution in [0, 0.1) is 11.8 Å². The number of hydrogen-bond donors (Lipinski definition) is 0. The van der Waals surface area contributed by atoms with Gasteiger partial charge < -0.3 is 0 Å². The molecule has 0 aromatic heterocycles. The van der Waals surface area contributed by atoms with E-state index in [4.69, 9.17) is 45.7 Å². The summed E-state index contributed by atoms with van der Waals surface area (Å²) in [7, 11) is 0. The highest BCUT2D eigenvalue weighted by Gasteiger charge is 2.69. The first-order chi connectivity index (χ1) is 5.85. The Balaban J connectivity index is 2.20. The second-order valence-electron chi connectivity index (χ2n) is 3.81. The molecule has 2 saturated carbocycles. The third kappa shape index (κ3) is 1.76. The molecule has 0 spiro atoms. The minimum atomic E-state index is -3.06. The van der Waals surface area contributed by atoms with Gasteiger partial charge in [-0.3, -0.25) is 4.57 Å². The highest BCUT2D eigenvalue weighted by molar-refractivity contribution is 8.09. The molecule has 6 heteroatoms. The van der Waals surface area contributed by atoms with Gasteiger partial charge >= 0.3 is 0 Å². The van der Waals surface area contributed by atoms with Gasteiger partial charge in [-0.15, -0.1) is 23.2 Å². The molecule has 0 amide bonds. The Bertz CT molecular complexity index is 274. The molecule has 13 heavy (non-hydrogen) atoms. The first-order valence-corrected chi connectivity index (χ1v) is 8.56. The zero-order chi connectivity index (χ0) is 9.85. The molecule has 0 aliphatic heterocycles. The van der Waals surface area contributed by atoms with E-state index in [1.165, 1.54) is 0 Å². The molecule has 1 nitrogen and oxygen atoms in total. The lowest BCUT2D eigenvalue weighted by atomic mass is 10.0. The predicted octanol–water partition coefficient (Wildman–Crippen LogP) is 4.63. The van der Waals surface area contributed by atoms with Crippen molar-refractivity contribution in [3.05, 3.63) is 0 Å². The van der Waals surface area contributed by atoms with Crippen LogP contribution in [0.25, 0.3) is 0 Å². The number of halogens is 4. The first kappa shape index (κ1) is 10.9. The molecule has 0 heterocycles. The second kappa shape index (κ2) is 3.19. The Hall–Kier alpha value is 1.39. The van der Waals surface area contributed by atoms with Gasteiger partial charge in [-0.2, -0.15) is 0 Å². The number of alkyl halides is 2. The summed E-state index contributed by atoms with van der Waals surface area (Å²) in [5.74, 6) is -2.76. The fourth-order valence-corrected chi connectivity index (χ4v) is 6.14. The van der Waals surface area contributed by atoms with Gasteiger partial charge in [0.1, 0.15) is 4.33 Å². The normalized spacial score (nSPS) is 42.6. The molecular weight excluding hydrogens is 273 g/mol. The molecule has 0 bridgehead atoms. The van der Waals surface area contributed by atoms with Gasteiger partial charge in [-0.05, 0) is 41.2 Å². The lowest BCUT2D eigenvalue weighted by Gasteiger charge is -2.20. The van der Waals surface area contributed by atoms with E-state index in [1.54, 1.807) is 0 Å². The molecule has 0 radical (unpaired) electrons. The zero-order valence-electron chi connectivity index (χ0n) is 6.72. The Morgan fingerprint density at radius 1 is 1.23 bits per heavy atom. The lowest BCUT2D eigenvalue weighted by Crippen LogP contribution is -2.13. The topological polar surface area (TPSA) is 17.1 Å². The van der Waals surface area contributed by atoms with Crippen molar-refractivity contribution >= 4 is 51.5 Å². The van der Waals surface area contributed by atoms with Gasteiger partial charge in [0.15, 0.2) is 0 Å². The highest BCUT2D eigenvalue weighted by atomic mass is 35.9. The van der Waals surface area contributed by atoms with Crippen molar-refractivity contribution in [2.24, 2.45) is 11.8 Å². The fourth-order valence-electron chi connectivity index (χ4n) is 2.38. The maximum atomic E-state index is 11.5. The number of fused-ring (bicyclic) bond motifs is 1. The Labute approximate surface area is 97.0 Å². The first-order valence-electron chi connectivity index (χ1n) is 4.22. The van der Waals surface area contributed by atoms with Crippen molar-refractivity contribution in [3.63, 3.8) is 0 Å². The summed E-state index contributed by atoms with van der Waals surface area (Å²) in [5.41, 5.74) is -0.190. The van der Waals surface area contributed by atoms with Crippen LogP contribution in [-0.4, -0.2) is 9.99 Å². The molecule has 76 valence electrons. The van der Waals surface area contributed by atoms with E-state index in [0.29, 0.717) is 0 Å². The van der Waals surface area contributed by atoms with E-state index >= 15 is 0 Å².